The number of methoxy groups -OCH3 is 1. The van der Waals surface area contributed by atoms with Crippen molar-refractivity contribution < 1.29 is 28.5 Å². The second-order valence-electron chi connectivity index (χ2n) is 8.75. The smallest absolute Gasteiger partial charge is 0.234 e. The van der Waals surface area contributed by atoms with Crippen LogP contribution in [0.2, 0.25) is 0 Å². The summed E-state index contributed by atoms with van der Waals surface area (Å²) in [6, 6.07) is 13.2. The molecule has 33 heavy (non-hydrogen) atoms. The fourth-order valence-corrected chi connectivity index (χ4v) is 5.31. The third-order valence-corrected chi connectivity index (χ3v) is 6.94. The molecule has 0 aromatic heterocycles. The molecule has 2 aromatic carbocycles. The number of rotatable bonds is 6. The van der Waals surface area contributed by atoms with E-state index in [2.05, 4.69) is 5.32 Å². The second-order valence-corrected chi connectivity index (χ2v) is 8.75. The van der Waals surface area contributed by atoms with Crippen molar-refractivity contribution in [1.82, 2.24) is 5.32 Å². The zero-order chi connectivity index (χ0) is 22.6. The van der Waals surface area contributed by atoms with Gasteiger partial charge in [-0.15, -0.1) is 0 Å². The number of fused-ring (bicyclic) bond motifs is 2. The summed E-state index contributed by atoms with van der Waals surface area (Å²) in [4.78, 5) is 28.3. The summed E-state index contributed by atoms with van der Waals surface area (Å²) in [5.41, 5.74) is 1.05. The molecular weight excluding hydrogens is 424 g/mol. The van der Waals surface area contributed by atoms with Gasteiger partial charge in [-0.05, 0) is 36.2 Å². The number of carbonyl (C=O) groups is 2. The molecule has 1 N–H and O–H groups in total. The molecule has 1 spiro atoms. The van der Waals surface area contributed by atoms with E-state index in [1.165, 1.54) is 0 Å². The van der Waals surface area contributed by atoms with Crippen LogP contribution in [0.5, 0.6) is 17.2 Å². The number of hydrogen-bond acceptors (Lipinski definition) is 6. The number of carbonyl (C=O) groups excluding carboxylic acids is 2. The Bertz CT molecular complexity index is 1150. The van der Waals surface area contributed by atoms with Gasteiger partial charge in [0.05, 0.1) is 31.6 Å². The number of nitrogens with one attached hydrogen (secondary N) is 1. The van der Waals surface area contributed by atoms with Crippen molar-refractivity contribution in [2.24, 2.45) is 11.8 Å². The lowest BCUT2D eigenvalue weighted by Gasteiger charge is -2.23. The Morgan fingerprint density at radius 2 is 2.00 bits per heavy atom. The van der Waals surface area contributed by atoms with Gasteiger partial charge in [-0.25, -0.2) is 0 Å². The van der Waals surface area contributed by atoms with Gasteiger partial charge < -0.3 is 29.2 Å². The molecule has 170 valence electrons. The third kappa shape index (κ3) is 3.16. The molecule has 4 aliphatic rings. The predicted molar refractivity (Wildman–Crippen MR) is 118 cm³/mol. The highest BCUT2D eigenvalue weighted by Crippen LogP contribution is 2.53. The molecule has 2 aromatic rings. The lowest BCUT2D eigenvalue weighted by atomic mass is 9.77. The van der Waals surface area contributed by atoms with Crippen molar-refractivity contribution in [3.05, 3.63) is 60.2 Å². The van der Waals surface area contributed by atoms with Gasteiger partial charge in [-0.2, -0.15) is 0 Å². The predicted octanol–water partition coefficient (Wildman–Crippen LogP) is 2.07. The number of ether oxygens (including phenoxy) is 4. The molecule has 8 heteroatoms. The fraction of sp³-hybridized carbons (Fsp3) is 0.360. The first kappa shape index (κ1) is 20.1. The van der Waals surface area contributed by atoms with E-state index in [1.54, 1.807) is 24.1 Å². The maximum Gasteiger partial charge on any atom is 0.234 e. The topological polar surface area (TPSA) is 86.3 Å². The number of anilines is 1. The van der Waals surface area contributed by atoms with Crippen molar-refractivity contribution in [3.8, 4) is 17.2 Å². The largest absolute Gasteiger partial charge is 0.497 e. The van der Waals surface area contributed by atoms with Gasteiger partial charge in [-0.1, -0.05) is 24.3 Å². The Hall–Kier alpha value is -3.52. The van der Waals surface area contributed by atoms with Crippen LogP contribution in [-0.2, 0) is 20.7 Å². The van der Waals surface area contributed by atoms with E-state index in [0.717, 1.165) is 11.3 Å². The lowest BCUT2D eigenvalue weighted by Crippen LogP contribution is -2.44. The van der Waals surface area contributed by atoms with Crippen LogP contribution in [0, 0.1) is 11.8 Å². The second kappa shape index (κ2) is 7.52. The van der Waals surface area contributed by atoms with E-state index < -0.39 is 17.4 Å². The molecule has 2 saturated heterocycles. The van der Waals surface area contributed by atoms with Crippen molar-refractivity contribution in [2.45, 2.75) is 18.1 Å². The molecule has 0 unspecified atom stereocenters. The van der Waals surface area contributed by atoms with Gasteiger partial charge in [0.1, 0.15) is 11.4 Å². The molecule has 4 atom stereocenters. The molecule has 0 radical (unpaired) electrons. The maximum atomic E-state index is 13.5. The Morgan fingerprint density at radius 3 is 2.82 bits per heavy atom. The highest BCUT2D eigenvalue weighted by molar-refractivity contribution is 6.03. The van der Waals surface area contributed by atoms with Crippen LogP contribution in [0.3, 0.4) is 0 Å². The first-order valence-electron chi connectivity index (χ1n) is 11.1. The summed E-state index contributed by atoms with van der Waals surface area (Å²) in [5, 5.41) is 3.01. The van der Waals surface area contributed by atoms with Crippen LogP contribution in [-0.4, -0.2) is 50.5 Å². The molecule has 4 heterocycles. The summed E-state index contributed by atoms with van der Waals surface area (Å²) >= 11 is 0. The number of amides is 2. The zero-order valence-corrected chi connectivity index (χ0v) is 18.2. The van der Waals surface area contributed by atoms with Crippen LogP contribution >= 0.6 is 0 Å². The zero-order valence-electron chi connectivity index (χ0n) is 18.2. The van der Waals surface area contributed by atoms with Crippen molar-refractivity contribution in [1.29, 1.82) is 0 Å². The fourth-order valence-electron chi connectivity index (χ4n) is 5.31. The van der Waals surface area contributed by atoms with Crippen molar-refractivity contribution in [3.63, 3.8) is 0 Å². The van der Waals surface area contributed by atoms with E-state index in [4.69, 9.17) is 18.9 Å². The highest BCUT2D eigenvalue weighted by Gasteiger charge is 2.67. The van der Waals surface area contributed by atoms with E-state index in [9.17, 15) is 9.59 Å². The summed E-state index contributed by atoms with van der Waals surface area (Å²) in [6.45, 7) is 1.03. The quantitative estimate of drug-likeness (QED) is 0.681. The molecule has 4 aliphatic heterocycles. The Morgan fingerprint density at radius 1 is 1.18 bits per heavy atom. The first-order valence-corrected chi connectivity index (χ1v) is 11.1. The van der Waals surface area contributed by atoms with E-state index in [0.29, 0.717) is 36.7 Å². The Balaban J connectivity index is 1.16. The van der Waals surface area contributed by atoms with Gasteiger partial charge in [0.25, 0.3) is 0 Å². The summed E-state index contributed by atoms with van der Waals surface area (Å²) in [7, 11) is 1.63. The molecular formula is C25H24N2O6. The molecule has 2 bridgehead atoms. The summed E-state index contributed by atoms with van der Waals surface area (Å²) in [6.07, 6.45) is 4.19. The average molecular weight is 448 g/mol. The number of nitrogens with zero attached hydrogens (tertiary/aromatic N) is 1. The maximum absolute atomic E-state index is 13.5. The number of hydrogen-bond donors (Lipinski definition) is 1. The molecule has 0 aliphatic carbocycles. The first-order chi connectivity index (χ1) is 16.1. The summed E-state index contributed by atoms with van der Waals surface area (Å²) < 4.78 is 22.2. The monoisotopic (exact) mass is 448 g/mol. The van der Waals surface area contributed by atoms with Crippen molar-refractivity contribution >= 4 is 17.5 Å². The van der Waals surface area contributed by atoms with Gasteiger partial charge in [0.2, 0.25) is 18.6 Å². The Labute approximate surface area is 191 Å². The molecule has 6 rings (SSSR count). The molecule has 2 fully saturated rings. The third-order valence-electron chi connectivity index (χ3n) is 6.94. The van der Waals surface area contributed by atoms with Gasteiger partial charge in [0, 0.05) is 18.3 Å². The van der Waals surface area contributed by atoms with E-state index in [1.807, 2.05) is 42.5 Å². The number of benzene rings is 2. The lowest BCUT2D eigenvalue weighted by molar-refractivity contribution is -0.131. The van der Waals surface area contributed by atoms with E-state index in [-0.39, 0.29) is 24.7 Å². The Kier molecular flexibility index (Phi) is 4.58. The van der Waals surface area contributed by atoms with Gasteiger partial charge in [-0.3, -0.25) is 9.59 Å². The van der Waals surface area contributed by atoms with Crippen LogP contribution in [0.4, 0.5) is 5.69 Å². The standard InChI is InChI=1S/C25H24N2O6/c1-30-17-5-2-15(3-6-17)9-11-26-23(28)21-19-8-10-25(33-19)13-27(24(29)22(21)25)16-4-7-18-20(12-16)32-14-31-18/h2-8,10,12,19,21-22H,9,11,13-14H2,1H3,(H,26,28)/t19-,21+,22+,25+/m1/s1. The minimum Gasteiger partial charge on any atom is -0.497 e. The van der Waals surface area contributed by atoms with Crippen molar-refractivity contribution in [2.75, 3.05) is 31.9 Å². The van der Waals surface area contributed by atoms with Gasteiger partial charge >= 0.3 is 0 Å². The molecule has 8 nitrogen and oxygen atoms in total. The van der Waals surface area contributed by atoms with Crippen LogP contribution in [0.25, 0.3) is 0 Å². The van der Waals surface area contributed by atoms with Gasteiger partial charge in [0.15, 0.2) is 11.5 Å². The SMILES string of the molecule is COc1ccc(CCNC(=O)[C@@H]2[C@H]3C(=O)N(c4ccc5c(c4)OCO5)C[C@@]34C=C[C@H]2O4)cc1. The minimum atomic E-state index is -0.768. The molecule has 0 saturated carbocycles. The van der Waals surface area contributed by atoms with Crippen LogP contribution < -0.4 is 24.4 Å². The molecule has 2 amide bonds. The highest BCUT2D eigenvalue weighted by atomic mass is 16.7. The average Bonchev–Trinajstić information content (AvgIpc) is 3.59. The van der Waals surface area contributed by atoms with Crippen LogP contribution in [0.1, 0.15) is 5.56 Å². The van der Waals surface area contributed by atoms with E-state index >= 15 is 0 Å². The summed E-state index contributed by atoms with van der Waals surface area (Å²) in [5.74, 6) is 0.738. The van der Waals surface area contributed by atoms with Crippen LogP contribution in [0.15, 0.2) is 54.6 Å². The minimum absolute atomic E-state index is 0.101. The normalized spacial score (nSPS) is 28.3.